The van der Waals surface area contributed by atoms with E-state index in [9.17, 15) is 14.9 Å². The molecule has 5 heteroatoms. The lowest BCUT2D eigenvalue weighted by Gasteiger charge is -2.01. The largest absolute Gasteiger partial charge is 0.466 e. The van der Waals surface area contributed by atoms with Crippen molar-refractivity contribution in [3.63, 3.8) is 0 Å². The Morgan fingerprint density at radius 2 is 2.24 bits per heavy atom. The number of rotatable bonds is 4. The summed E-state index contributed by atoms with van der Waals surface area (Å²) in [5, 5.41) is 10.7. The summed E-state index contributed by atoms with van der Waals surface area (Å²) in [7, 11) is 1.29. The lowest BCUT2D eigenvalue weighted by molar-refractivity contribution is -0.385. The van der Waals surface area contributed by atoms with Crippen molar-refractivity contribution < 1.29 is 14.5 Å². The summed E-state index contributed by atoms with van der Waals surface area (Å²) >= 11 is 0. The number of methoxy groups -OCH3 is 1. The summed E-state index contributed by atoms with van der Waals surface area (Å²) in [6.07, 6.45) is 3.41. The van der Waals surface area contributed by atoms with Crippen molar-refractivity contribution in [3.8, 4) is 0 Å². The van der Waals surface area contributed by atoms with E-state index in [0.717, 1.165) is 5.56 Å². The van der Waals surface area contributed by atoms with Crippen molar-refractivity contribution in [1.29, 1.82) is 0 Å². The van der Waals surface area contributed by atoms with Gasteiger partial charge in [-0.25, -0.2) is 4.79 Å². The molecule has 0 atom stereocenters. The number of aryl methyl sites for hydroxylation is 1. The minimum atomic E-state index is -0.457. The van der Waals surface area contributed by atoms with Crippen molar-refractivity contribution in [2.75, 3.05) is 7.11 Å². The number of carbonyl (C=O) groups excluding carboxylic acids is 1. The number of nitro benzene ring substituents is 1. The Morgan fingerprint density at radius 3 is 2.76 bits per heavy atom. The van der Waals surface area contributed by atoms with E-state index in [1.807, 2.05) is 6.92 Å². The fourth-order valence-corrected chi connectivity index (χ4v) is 1.40. The van der Waals surface area contributed by atoms with Crippen molar-refractivity contribution in [3.05, 3.63) is 45.5 Å². The predicted octanol–water partition coefficient (Wildman–Crippen LogP) is 2.34. The van der Waals surface area contributed by atoms with Crippen molar-refractivity contribution in [2.45, 2.75) is 13.3 Å². The van der Waals surface area contributed by atoms with Gasteiger partial charge in [-0.05, 0) is 30.2 Å². The maximum atomic E-state index is 10.9. The van der Waals surface area contributed by atoms with Crippen LogP contribution >= 0.6 is 0 Å². The van der Waals surface area contributed by atoms with E-state index in [1.165, 1.54) is 19.3 Å². The second kappa shape index (κ2) is 5.79. The molecular formula is C12H13NO4. The van der Waals surface area contributed by atoms with Gasteiger partial charge >= 0.3 is 5.97 Å². The smallest absolute Gasteiger partial charge is 0.330 e. The number of hydrogen-bond donors (Lipinski definition) is 0. The first-order valence-electron chi connectivity index (χ1n) is 5.11. The molecule has 0 saturated carbocycles. The number of ether oxygens (including phenoxy) is 1. The molecule has 1 aromatic rings. The molecule has 0 radical (unpaired) electrons. The molecule has 17 heavy (non-hydrogen) atoms. The molecule has 0 saturated heterocycles. The summed E-state index contributed by atoms with van der Waals surface area (Å²) in [5.74, 6) is -0.457. The minimum absolute atomic E-state index is 0.0997. The van der Waals surface area contributed by atoms with Gasteiger partial charge in [-0.3, -0.25) is 10.1 Å². The Kier molecular flexibility index (Phi) is 4.39. The van der Waals surface area contributed by atoms with E-state index in [1.54, 1.807) is 18.2 Å². The molecule has 0 fully saturated rings. The summed E-state index contributed by atoms with van der Waals surface area (Å²) in [5.41, 5.74) is 1.47. The van der Waals surface area contributed by atoms with E-state index in [-0.39, 0.29) is 5.69 Å². The Morgan fingerprint density at radius 1 is 1.53 bits per heavy atom. The number of nitro groups is 1. The maximum Gasteiger partial charge on any atom is 0.330 e. The molecule has 0 aliphatic carbocycles. The van der Waals surface area contributed by atoms with E-state index in [4.69, 9.17) is 0 Å². The zero-order valence-electron chi connectivity index (χ0n) is 9.67. The SMILES string of the molecule is CCc1cc(/C=C/C(=O)OC)ccc1[N+](=O)[O-]. The molecule has 1 aromatic carbocycles. The molecule has 0 N–H and O–H groups in total. The van der Waals surface area contributed by atoms with Gasteiger partial charge in [0.15, 0.2) is 0 Å². The third kappa shape index (κ3) is 3.41. The molecule has 0 aliphatic rings. The van der Waals surface area contributed by atoms with Gasteiger partial charge in [-0.2, -0.15) is 0 Å². The van der Waals surface area contributed by atoms with Gasteiger partial charge in [0, 0.05) is 17.7 Å². The average Bonchev–Trinajstić information content (AvgIpc) is 2.35. The molecule has 0 spiro atoms. The van der Waals surface area contributed by atoms with Crippen LogP contribution in [0.4, 0.5) is 5.69 Å². The second-order valence-corrected chi connectivity index (χ2v) is 3.36. The Balaban J connectivity index is 3.01. The first-order valence-corrected chi connectivity index (χ1v) is 5.11. The van der Waals surface area contributed by atoms with Crippen molar-refractivity contribution in [1.82, 2.24) is 0 Å². The van der Waals surface area contributed by atoms with Crippen LogP contribution in [0, 0.1) is 10.1 Å². The van der Waals surface area contributed by atoms with Gasteiger partial charge in [0.05, 0.1) is 12.0 Å². The molecule has 0 aromatic heterocycles. The van der Waals surface area contributed by atoms with Gasteiger partial charge in [0.1, 0.15) is 0 Å². The van der Waals surface area contributed by atoms with Crippen LogP contribution in [0.5, 0.6) is 0 Å². The Hall–Kier alpha value is -2.17. The highest BCUT2D eigenvalue weighted by molar-refractivity contribution is 5.87. The number of benzene rings is 1. The van der Waals surface area contributed by atoms with Crippen LogP contribution in [-0.2, 0) is 16.0 Å². The monoisotopic (exact) mass is 235 g/mol. The highest BCUT2D eigenvalue weighted by atomic mass is 16.6. The molecular weight excluding hydrogens is 222 g/mol. The van der Waals surface area contributed by atoms with E-state index in [2.05, 4.69) is 4.74 Å². The van der Waals surface area contributed by atoms with Crippen LogP contribution in [0.3, 0.4) is 0 Å². The predicted molar refractivity (Wildman–Crippen MR) is 63.5 cm³/mol. The van der Waals surface area contributed by atoms with Gasteiger partial charge in [0.25, 0.3) is 5.69 Å². The number of carbonyl (C=O) groups is 1. The molecule has 0 unspecified atom stereocenters. The van der Waals surface area contributed by atoms with Crippen molar-refractivity contribution >= 4 is 17.7 Å². The fraction of sp³-hybridized carbons (Fsp3) is 0.250. The minimum Gasteiger partial charge on any atom is -0.466 e. The lowest BCUT2D eigenvalue weighted by Crippen LogP contribution is -1.95. The molecule has 0 bridgehead atoms. The van der Waals surface area contributed by atoms with Gasteiger partial charge in [-0.1, -0.05) is 6.92 Å². The van der Waals surface area contributed by atoms with Gasteiger partial charge in [-0.15, -0.1) is 0 Å². The number of nitrogens with zero attached hydrogens (tertiary/aromatic N) is 1. The third-order valence-electron chi connectivity index (χ3n) is 2.29. The zero-order chi connectivity index (χ0) is 12.8. The average molecular weight is 235 g/mol. The number of hydrogen-bond acceptors (Lipinski definition) is 4. The molecule has 0 heterocycles. The number of esters is 1. The summed E-state index contributed by atoms with van der Waals surface area (Å²) in [6, 6.07) is 4.73. The van der Waals surface area contributed by atoms with Crippen LogP contribution in [0.1, 0.15) is 18.1 Å². The quantitative estimate of drug-likeness (QED) is 0.347. The normalized spacial score (nSPS) is 10.5. The van der Waals surface area contributed by atoms with Crippen LogP contribution in [0.15, 0.2) is 24.3 Å². The van der Waals surface area contributed by atoms with E-state index in [0.29, 0.717) is 12.0 Å². The van der Waals surface area contributed by atoms with E-state index < -0.39 is 10.9 Å². The fourth-order valence-electron chi connectivity index (χ4n) is 1.40. The van der Waals surface area contributed by atoms with Gasteiger partial charge in [0.2, 0.25) is 0 Å². The summed E-state index contributed by atoms with van der Waals surface area (Å²) < 4.78 is 4.46. The first kappa shape index (κ1) is 12.9. The standard InChI is InChI=1S/C12H13NO4/c1-3-10-8-9(5-7-12(14)17-2)4-6-11(10)13(15)16/h4-8H,3H2,1-2H3/b7-5+. The molecule has 5 nitrogen and oxygen atoms in total. The Bertz CT molecular complexity index is 466. The van der Waals surface area contributed by atoms with Crippen molar-refractivity contribution in [2.24, 2.45) is 0 Å². The topological polar surface area (TPSA) is 69.4 Å². The molecule has 1 rings (SSSR count). The molecule has 90 valence electrons. The maximum absolute atomic E-state index is 10.9. The highest BCUT2D eigenvalue weighted by Crippen LogP contribution is 2.21. The second-order valence-electron chi connectivity index (χ2n) is 3.36. The van der Waals surface area contributed by atoms with Crippen LogP contribution in [0.2, 0.25) is 0 Å². The molecule has 0 aliphatic heterocycles. The summed E-state index contributed by atoms with van der Waals surface area (Å²) in [4.78, 5) is 21.2. The summed E-state index contributed by atoms with van der Waals surface area (Å²) in [6.45, 7) is 1.84. The van der Waals surface area contributed by atoms with E-state index >= 15 is 0 Å². The van der Waals surface area contributed by atoms with Crippen LogP contribution in [-0.4, -0.2) is 18.0 Å². The zero-order valence-corrected chi connectivity index (χ0v) is 9.67. The highest BCUT2D eigenvalue weighted by Gasteiger charge is 2.11. The Labute approximate surface area is 98.9 Å². The third-order valence-corrected chi connectivity index (χ3v) is 2.29. The van der Waals surface area contributed by atoms with Gasteiger partial charge < -0.3 is 4.74 Å². The lowest BCUT2D eigenvalue weighted by atomic mass is 10.1. The van der Waals surface area contributed by atoms with Crippen LogP contribution < -0.4 is 0 Å². The first-order chi connectivity index (χ1) is 8.08. The van der Waals surface area contributed by atoms with Crippen LogP contribution in [0.25, 0.3) is 6.08 Å². The molecule has 0 amide bonds.